The quantitative estimate of drug-likeness (QED) is 0.741. The second kappa shape index (κ2) is 6.91. The average Bonchev–Trinajstić information content (AvgIpc) is 2.32. The number of nitrogens with zero attached hydrogens (tertiary/aromatic N) is 1. The van der Waals surface area contributed by atoms with E-state index in [0.717, 1.165) is 19.5 Å². The van der Waals surface area contributed by atoms with Crippen LogP contribution in [0.5, 0.6) is 0 Å². The van der Waals surface area contributed by atoms with Gasteiger partial charge in [-0.05, 0) is 38.7 Å². The van der Waals surface area contributed by atoms with Crippen molar-refractivity contribution in [2.24, 2.45) is 0 Å². The smallest absolute Gasteiger partial charge is 0.224 e. The van der Waals surface area contributed by atoms with E-state index in [4.69, 9.17) is 5.73 Å². The van der Waals surface area contributed by atoms with Crippen molar-refractivity contribution >= 4 is 17.3 Å². The molecule has 0 unspecified atom stereocenters. The number of nitrogen functional groups attached to an aromatic ring is 1. The number of carbonyl (C=O) groups is 1. The third kappa shape index (κ3) is 4.87. The number of amides is 1. The van der Waals surface area contributed by atoms with Crippen LogP contribution in [0.4, 0.5) is 11.4 Å². The van der Waals surface area contributed by atoms with Gasteiger partial charge in [-0.25, -0.2) is 0 Å². The summed E-state index contributed by atoms with van der Waals surface area (Å²) in [6, 6.07) is 7.30. The number of nitrogens with one attached hydrogen (secondary N) is 1. The first kappa shape index (κ1) is 13.5. The second-order valence-electron chi connectivity index (χ2n) is 4.13. The van der Waals surface area contributed by atoms with Crippen LogP contribution in [0.1, 0.15) is 19.8 Å². The predicted octanol–water partition coefficient (Wildman–Crippen LogP) is 1.94. The van der Waals surface area contributed by atoms with E-state index in [0.29, 0.717) is 17.8 Å². The number of hydrogen-bond acceptors (Lipinski definition) is 3. The van der Waals surface area contributed by atoms with E-state index in [1.807, 2.05) is 25.2 Å². The molecule has 0 bridgehead atoms. The van der Waals surface area contributed by atoms with Gasteiger partial charge in [-0.1, -0.05) is 19.1 Å². The summed E-state index contributed by atoms with van der Waals surface area (Å²) in [6.45, 7) is 4.05. The fourth-order valence-electron chi connectivity index (χ4n) is 1.49. The highest BCUT2D eigenvalue weighted by molar-refractivity contribution is 5.93. The highest BCUT2D eigenvalue weighted by Crippen LogP contribution is 2.16. The first-order valence-electron chi connectivity index (χ1n) is 5.96. The highest BCUT2D eigenvalue weighted by Gasteiger charge is 2.04. The van der Waals surface area contributed by atoms with Crippen molar-refractivity contribution in [1.29, 1.82) is 0 Å². The van der Waals surface area contributed by atoms with E-state index < -0.39 is 0 Å². The number of nitrogens with two attached hydrogens (primary N) is 1. The van der Waals surface area contributed by atoms with Crippen LogP contribution in [0, 0.1) is 0 Å². The molecule has 0 saturated carbocycles. The van der Waals surface area contributed by atoms with Gasteiger partial charge >= 0.3 is 0 Å². The minimum atomic E-state index is 0.0207. The monoisotopic (exact) mass is 235 g/mol. The number of para-hydroxylation sites is 2. The summed E-state index contributed by atoms with van der Waals surface area (Å²) >= 11 is 0. The molecule has 0 aliphatic rings. The molecule has 0 aliphatic heterocycles. The number of benzene rings is 1. The fraction of sp³-hybridized carbons (Fsp3) is 0.462. The Balaban J connectivity index is 2.33. The van der Waals surface area contributed by atoms with Gasteiger partial charge in [0.1, 0.15) is 0 Å². The van der Waals surface area contributed by atoms with Crippen molar-refractivity contribution in [2.75, 3.05) is 31.2 Å². The molecule has 4 heteroatoms. The van der Waals surface area contributed by atoms with Crippen molar-refractivity contribution in [3.05, 3.63) is 24.3 Å². The van der Waals surface area contributed by atoms with E-state index in [1.54, 1.807) is 6.07 Å². The molecule has 0 spiro atoms. The zero-order valence-electron chi connectivity index (χ0n) is 10.6. The van der Waals surface area contributed by atoms with Crippen LogP contribution in [0.3, 0.4) is 0 Å². The molecule has 17 heavy (non-hydrogen) atoms. The molecule has 0 fully saturated rings. The first-order valence-corrected chi connectivity index (χ1v) is 5.96. The fourth-order valence-corrected chi connectivity index (χ4v) is 1.49. The van der Waals surface area contributed by atoms with Gasteiger partial charge in [0, 0.05) is 6.42 Å². The second-order valence-corrected chi connectivity index (χ2v) is 4.13. The van der Waals surface area contributed by atoms with Crippen molar-refractivity contribution < 1.29 is 4.79 Å². The van der Waals surface area contributed by atoms with Crippen molar-refractivity contribution in [1.82, 2.24) is 4.90 Å². The standard InChI is InChI=1S/C13H21N3O/c1-3-16(2)10-6-9-13(17)15-12-8-5-4-7-11(12)14/h4-5,7-8H,3,6,9-10,14H2,1-2H3,(H,15,17). The minimum absolute atomic E-state index is 0.0207. The summed E-state index contributed by atoms with van der Waals surface area (Å²) in [6.07, 6.45) is 1.39. The molecule has 0 aliphatic carbocycles. The van der Waals surface area contributed by atoms with Gasteiger partial charge in [-0.3, -0.25) is 4.79 Å². The summed E-state index contributed by atoms with van der Waals surface area (Å²) in [5.41, 5.74) is 7.04. The summed E-state index contributed by atoms with van der Waals surface area (Å²) in [5, 5.41) is 2.82. The Morgan fingerprint density at radius 2 is 2.12 bits per heavy atom. The summed E-state index contributed by atoms with van der Waals surface area (Å²) in [5.74, 6) is 0.0207. The number of carbonyl (C=O) groups excluding carboxylic acids is 1. The molecule has 1 aromatic carbocycles. The summed E-state index contributed by atoms with van der Waals surface area (Å²) < 4.78 is 0. The maximum Gasteiger partial charge on any atom is 0.224 e. The van der Waals surface area contributed by atoms with Gasteiger partial charge in [0.2, 0.25) is 5.91 Å². The molecule has 0 saturated heterocycles. The average molecular weight is 235 g/mol. The van der Waals surface area contributed by atoms with E-state index in [-0.39, 0.29) is 5.91 Å². The Labute approximate surface area is 103 Å². The van der Waals surface area contributed by atoms with Crippen molar-refractivity contribution in [3.8, 4) is 0 Å². The predicted molar refractivity (Wildman–Crippen MR) is 71.9 cm³/mol. The van der Waals surface area contributed by atoms with Gasteiger partial charge in [0.05, 0.1) is 11.4 Å². The van der Waals surface area contributed by atoms with Crippen LogP contribution in [0.25, 0.3) is 0 Å². The van der Waals surface area contributed by atoms with Gasteiger partial charge < -0.3 is 16.0 Å². The lowest BCUT2D eigenvalue weighted by Crippen LogP contribution is -2.21. The van der Waals surface area contributed by atoms with Crippen LogP contribution < -0.4 is 11.1 Å². The third-order valence-electron chi connectivity index (χ3n) is 2.72. The molecule has 94 valence electrons. The minimum Gasteiger partial charge on any atom is -0.397 e. The van der Waals surface area contributed by atoms with Crippen LogP contribution in [-0.4, -0.2) is 30.9 Å². The molecule has 0 atom stereocenters. The van der Waals surface area contributed by atoms with Crippen LogP contribution in [0.2, 0.25) is 0 Å². The molecule has 3 N–H and O–H groups in total. The van der Waals surface area contributed by atoms with E-state index in [9.17, 15) is 4.79 Å². The van der Waals surface area contributed by atoms with Crippen LogP contribution >= 0.6 is 0 Å². The van der Waals surface area contributed by atoms with Gasteiger partial charge in [0.25, 0.3) is 0 Å². The maximum atomic E-state index is 11.6. The Morgan fingerprint density at radius 1 is 1.41 bits per heavy atom. The van der Waals surface area contributed by atoms with E-state index >= 15 is 0 Å². The zero-order valence-corrected chi connectivity index (χ0v) is 10.6. The van der Waals surface area contributed by atoms with E-state index in [2.05, 4.69) is 17.1 Å². The Hall–Kier alpha value is -1.55. The summed E-state index contributed by atoms with van der Waals surface area (Å²) in [7, 11) is 2.05. The molecular weight excluding hydrogens is 214 g/mol. The molecule has 4 nitrogen and oxygen atoms in total. The van der Waals surface area contributed by atoms with Gasteiger partial charge in [0.15, 0.2) is 0 Å². The molecule has 0 radical (unpaired) electrons. The SMILES string of the molecule is CCN(C)CCCC(=O)Nc1ccccc1N. The Morgan fingerprint density at radius 3 is 2.76 bits per heavy atom. The van der Waals surface area contributed by atoms with Gasteiger partial charge in [-0.2, -0.15) is 0 Å². The molecule has 0 heterocycles. The highest BCUT2D eigenvalue weighted by atomic mass is 16.1. The number of hydrogen-bond donors (Lipinski definition) is 2. The zero-order chi connectivity index (χ0) is 12.7. The normalized spacial score (nSPS) is 10.5. The molecular formula is C13H21N3O. The molecule has 0 aromatic heterocycles. The summed E-state index contributed by atoms with van der Waals surface area (Å²) in [4.78, 5) is 13.8. The molecule has 1 aromatic rings. The number of rotatable bonds is 6. The largest absolute Gasteiger partial charge is 0.397 e. The molecule has 1 amide bonds. The molecule has 1 rings (SSSR count). The maximum absolute atomic E-state index is 11.6. The van der Waals surface area contributed by atoms with Crippen molar-refractivity contribution in [2.45, 2.75) is 19.8 Å². The Kier molecular flexibility index (Phi) is 5.49. The first-order chi connectivity index (χ1) is 8.13. The third-order valence-corrected chi connectivity index (χ3v) is 2.72. The van der Waals surface area contributed by atoms with Crippen molar-refractivity contribution in [3.63, 3.8) is 0 Å². The Bertz CT molecular complexity index is 365. The van der Waals surface area contributed by atoms with Crippen LogP contribution in [0.15, 0.2) is 24.3 Å². The lowest BCUT2D eigenvalue weighted by atomic mass is 10.2. The number of anilines is 2. The lowest BCUT2D eigenvalue weighted by Gasteiger charge is -2.13. The van der Waals surface area contributed by atoms with E-state index in [1.165, 1.54) is 0 Å². The topological polar surface area (TPSA) is 58.4 Å². The van der Waals surface area contributed by atoms with Crippen LogP contribution in [-0.2, 0) is 4.79 Å². The lowest BCUT2D eigenvalue weighted by molar-refractivity contribution is -0.116. The van der Waals surface area contributed by atoms with Gasteiger partial charge in [-0.15, -0.1) is 0 Å².